The van der Waals surface area contributed by atoms with Crippen molar-refractivity contribution in [2.24, 2.45) is 0 Å². The number of aromatic nitrogens is 4. The highest BCUT2D eigenvalue weighted by atomic mass is 32.1. The molecule has 1 N–H and O–H groups in total. The number of aryl methyl sites for hydroxylation is 1. The van der Waals surface area contributed by atoms with Gasteiger partial charge in [0.1, 0.15) is 17.2 Å². The van der Waals surface area contributed by atoms with E-state index < -0.39 is 11.5 Å². The van der Waals surface area contributed by atoms with Crippen LogP contribution in [0.4, 0.5) is 5.13 Å². The molecule has 0 aliphatic heterocycles. The molecule has 0 unspecified atom stereocenters. The van der Waals surface area contributed by atoms with E-state index >= 15 is 0 Å². The first-order valence-electron chi connectivity index (χ1n) is 10.0. The third-order valence-corrected chi connectivity index (χ3v) is 5.56. The number of amides is 1. The lowest BCUT2D eigenvalue weighted by molar-refractivity contribution is 0.102. The summed E-state index contributed by atoms with van der Waals surface area (Å²) in [7, 11) is 1.56. The fourth-order valence-electron chi connectivity index (χ4n) is 3.32. The maximum atomic E-state index is 13.4. The summed E-state index contributed by atoms with van der Waals surface area (Å²) in [6, 6.07) is 18.8. The van der Waals surface area contributed by atoms with Crippen molar-refractivity contribution >= 4 is 22.4 Å². The Morgan fingerprint density at radius 3 is 2.31 bits per heavy atom. The van der Waals surface area contributed by atoms with Crippen molar-refractivity contribution in [2.75, 3.05) is 12.4 Å². The van der Waals surface area contributed by atoms with E-state index in [1.54, 1.807) is 7.11 Å². The number of benzene rings is 2. The topological polar surface area (TPSA) is 99.0 Å². The first-order valence-corrected chi connectivity index (χ1v) is 10.8. The highest BCUT2D eigenvalue weighted by molar-refractivity contribution is 7.15. The molecule has 0 saturated carbocycles. The van der Waals surface area contributed by atoms with Gasteiger partial charge >= 0.3 is 0 Å². The fourth-order valence-corrected chi connectivity index (χ4v) is 4.03. The molecule has 4 aromatic rings. The smallest absolute Gasteiger partial charge is 0.280 e. The minimum absolute atomic E-state index is 0.00962. The van der Waals surface area contributed by atoms with Crippen LogP contribution in [-0.2, 0) is 17.9 Å². The van der Waals surface area contributed by atoms with Crippen molar-refractivity contribution < 1.29 is 9.53 Å². The Kier molecular flexibility index (Phi) is 6.48. The molecule has 0 radical (unpaired) electrons. The van der Waals surface area contributed by atoms with Gasteiger partial charge in [-0.15, -0.1) is 10.2 Å². The van der Waals surface area contributed by atoms with Gasteiger partial charge in [0.15, 0.2) is 0 Å². The summed E-state index contributed by atoms with van der Waals surface area (Å²) < 4.78 is 6.36. The molecule has 4 rings (SSSR count). The lowest BCUT2D eigenvalue weighted by atomic mass is 9.95. The Balaban J connectivity index is 1.91. The SMILES string of the molecule is CCn1nc(-c2ccccc2)c(-c2ccccc2)c(C(=O)Nc2nnc(COC)s2)c1=O. The summed E-state index contributed by atoms with van der Waals surface area (Å²) >= 11 is 1.19. The summed E-state index contributed by atoms with van der Waals surface area (Å²) in [6.45, 7) is 2.43. The number of carbonyl (C=O) groups is 1. The van der Waals surface area contributed by atoms with Gasteiger partial charge in [0, 0.05) is 24.8 Å². The maximum absolute atomic E-state index is 13.4. The van der Waals surface area contributed by atoms with Gasteiger partial charge in [-0.2, -0.15) is 5.10 Å². The summed E-state index contributed by atoms with van der Waals surface area (Å²) in [6.07, 6.45) is 0. The van der Waals surface area contributed by atoms with E-state index in [1.807, 2.05) is 67.6 Å². The van der Waals surface area contributed by atoms with E-state index in [9.17, 15) is 9.59 Å². The van der Waals surface area contributed by atoms with Crippen LogP contribution in [0.3, 0.4) is 0 Å². The molecule has 32 heavy (non-hydrogen) atoms. The van der Waals surface area contributed by atoms with Crippen LogP contribution in [0, 0.1) is 0 Å². The number of hydrogen-bond donors (Lipinski definition) is 1. The van der Waals surface area contributed by atoms with Crippen LogP contribution < -0.4 is 10.9 Å². The Hall–Kier alpha value is -3.69. The second-order valence-electron chi connectivity index (χ2n) is 6.84. The molecule has 162 valence electrons. The van der Waals surface area contributed by atoms with Gasteiger partial charge < -0.3 is 4.74 Å². The van der Waals surface area contributed by atoms with Crippen molar-refractivity contribution in [3.05, 3.63) is 81.6 Å². The van der Waals surface area contributed by atoms with Gasteiger partial charge in [0.2, 0.25) is 5.13 Å². The van der Waals surface area contributed by atoms with Crippen LogP contribution in [0.5, 0.6) is 0 Å². The molecule has 0 fully saturated rings. The number of ether oxygens (including phenoxy) is 1. The Labute approximate surface area is 188 Å². The standard InChI is InChI=1S/C23H21N5O3S/c1-3-28-22(30)19(21(29)24-23-26-25-17(32-23)14-31-2)18(15-10-6-4-7-11-15)20(27-28)16-12-8-5-9-13-16/h4-13H,3,14H2,1-2H3,(H,24,26,29). The van der Waals surface area contributed by atoms with Crippen molar-refractivity contribution in [1.82, 2.24) is 20.0 Å². The predicted molar refractivity (Wildman–Crippen MR) is 124 cm³/mol. The lowest BCUT2D eigenvalue weighted by Gasteiger charge is -2.16. The minimum atomic E-state index is -0.559. The quantitative estimate of drug-likeness (QED) is 0.462. The number of methoxy groups -OCH3 is 1. The van der Waals surface area contributed by atoms with E-state index in [0.29, 0.717) is 34.5 Å². The third-order valence-electron chi connectivity index (χ3n) is 4.75. The monoisotopic (exact) mass is 447 g/mol. The molecule has 2 aromatic heterocycles. The van der Waals surface area contributed by atoms with Crippen LogP contribution in [0.15, 0.2) is 65.5 Å². The zero-order chi connectivity index (χ0) is 22.5. The second-order valence-corrected chi connectivity index (χ2v) is 7.90. The van der Waals surface area contributed by atoms with Gasteiger partial charge in [0.25, 0.3) is 11.5 Å². The highest BCUT2D eigenvalue weighted by Crippen LogP contribution is 2.32. The second kappa shape index (κ2) is 9.63. The predicted octanol–water partition coefficient (Wildman–Crippen LogP) is 3.85. The number of hydrogen-bond acceptors (Lipinski definition) is 7. The van der Waals surface area contributed by atoms with Crippen molar-refractivity contribution in [1.29, 1.82) is 0 Å². The van der Waals surface area contributed by atoms with Gasteiger partial charge in [-0.25, -0.2) is 4.68 Å². The van der Waals surface area contributed by atoms with E-state index in [0.717, 1.165) is 11.1 Å². The fraction of sp³-hybridized carbons (Fsp3) is 0.174. The average molecular weight is 448 g/mol. The Morgan fingerprint density at radius 1 is 1.03 bits per heavy atom. The van der Waals surface area contributed by atoms with Crippen LogP contribution in [0.25, 0.3) is 22.4 Å². The van der Waals surface area contributed by atoms with E-state index in [4.69, 9.17) is 4.74 Å². The van der Waals surface area contributed by atoms with Gasteiger partial charge in [-0.1, -0.05) is 72.0 Å². The number of rotatable bonds is 7. The van der Waals surface area contributed by atoms with Crippen molar-refractivity contribution in [2.45, 2.75) is 20.1 Å². The molecule has 0 saturated heterocycles. The van der Waals surface area contributed by atoms with Crippen LogP contribution in [-0.4, -0.2) is 33.0 Å². The number of carbonyl (C=O) groups excluding carboxylic acids is 1. The molecule has 0 atom stereocenters. The first-order chi connectivity index (χ1) is 15.6. The van der Waals surface area contributed by atoms with Crippen LogP contribution >= 0.6 is 11.3 Å². The van der Waals surface area contributed by atoms with Gasteiger partial charge in [0.05, 0.1) is 5.69 Å². The summed E-state index contributed by atoms with van der Waals surface area (Å²) in [5, 5.41) is 16.2. The van der Waals surface area contributed by atoms with Gasteiger partial charge in [-0.3, -0.25) is 14.9 Å². The summed E-state index contributed by atoms with van der Waals surface area (Å²) in [5.41, 5.74) is 2.11. The van der Waals surface area contributed by atoms with Crippen molar-refractivity contribution in [3.63, 3.8) is 0 Å². The number of anilines is 1. The molecule has 2 aromatic carbocycles. The van der Waals surface area contributed by atoms with E-state index in [1.165, 1.54) is 16.0 Å². The molecular formula is C23H21N5O3S. The molecule has 1 amide bonds. The molecule has 2 heterocycles. The van der Waals surface area contributed by atoms with E-state index in [-0.39, 0.29) is 5.56 Å². The third kappa shape index (κ3) is 4.34. The average Bonchev–Trinajstić information content (AvgIpc) is 3.26. The Bertz CT molecular complexity index is 1290. The normalized spacial score (nSPS) is 10.8. The molecular weight excluding hydrogens is 426 g/mol. The van der Waals surface area contributed by atoms with Crippen LogP contribution in [0.1, 0.15) is 22.3 Å². The minimum Gasteiger partial charge on any atom is -0.377 e. The molecule has 0 aliphatic rings. The zero-order valence-corrected chi connectivity index (χ0v) is 18.4. The lowest BCUT2D eigenvalue weighted by Crippen LogP contribution is -2.32. The summed E-state index contributed by atoms with van der Waals surface area (Å²) in [5.74, 6) is -0.559. The molecule has 8 nitrogen and oxygen atoms in total. The first kappa shape index (κ1) is 21.5. The Morgan fingerprint density at radius 2 is 1.69 bits per heavy atom. The summed E-state index contributed by atoms with van der Waals surface area (Å²) in [4.78, 5) is 26.7. The molecule has 9 heteroatoms. The molecule has 0 bridgehead atoms. The van der Waals surface area contributed by atoms with Crippen LogP contribution in [0.2, 0.25) is 0 Å². The van der Waals surface area contributed by atoms with E-state index in [2.05, 4.69) is 20.6 Å². The number of nitrogens with one attached hydrogen (secondary N) is 1. The molecule has 0 spiro atoms. The number of nitrogens with zero attached hydrogens (tertiary/aromatic N) is 4. The maximum Gasteiger partial charge on any atom is 0.280 e. The largest absolute Gasteiger partial charge is 0.377 e. The van der Waals surface area contributed by atoms with Gasteiger partial charge in [-0.05, 0) is 12.5 Å². The highest BCUT2D eigenvalue weighted by Gasteiger charge is 2.25. The van der Waals surface area contributed by atoms with Crippen molar-refractivity contribution in [3.8, 4) is 22.4 Å². The zero-order valence-electron chi connectivity index (χ0n) is 17.6. The molecule has 0 aliphatic carbocycles.